The standard InChI is InChI=1S/C20H20N6O2S/c27-26(28)18-8-9-19(24-10-4-5-11-24)17(12-18)13-22-25-15-21-23-20(25)29-14-16-6-2-1-3-7-16/h1-3,6-9,12-13,15H,4-5,10-11,14H2/b22-13-. The summed E-state index contributed by atoms with van der Waals surface area (Å²) in [6.45, 7) is 1.90. The van der Waals surface area contributed by atoms with Crippen LogP contribution in [0.5, 0.6) is 0 Å². The zero-order valence-electron chi connectivity index (χ0n) is 15.7. The molecule has 0 radical (unpaired) electrons. The minimum Gasteiger partial charge on any atom is -0.371 e. The molecule has 0 amide bonds. The maximum absolute atomic E-state index is 11.2. The third-order valence-electron chi connectivity index (χ3n) is 4.70. The Morgan fingerprint density at radius 3 is 2.72 bits per heavy atom. The van der Waals surface area contributed by atoms with Gasteiger partial charge in [0.25, 0.3) is 5.69 Å². The number of anilines is 1. The van der Waals surface area contributed by atoms with Gasteiger partial charge in [0, 0.05) is 42.2 Å². The highest BCUT2D eigenvalue weighted by Crippen LogP contribution is 2.27. The van der Waals surface area contributed by atoms with Crippen molar-refractivity contribution in [3.05, 3.63) is 76.1 Å². The summed E-state index contributed by atoms with van der Waals surface area (Å²) < 4.78 is 1.60. The van der Waals surface area contributed by atoms with E-state index in [1.165, 1.54) is 23.7 Å². The van der Waals surface area contributed by atoms with Crippen LogP contribution in [-0.2, 0) is 5.75 Å². The van der Waals surface area contributed by atoms with Crippen LogP contribution in [0.25, 0.3) is 0 Å². The van der Waals surface area contributed by atoms with E-state index in [0.717, 1.165) is 37.4 Å². The topological polar surface area (TPSA) is 89.5 Å². The Bertz CT molecular complexity index is 1010. The zero-order chi connectivity index (χ0) is 20.1. The van der Waals surface area contributed by atoms with Crippen LogP contribution < -0.4 is 4.90 Å². The number of hydrogen-bond acceptors (Lipinski definition) is 7. The van der Waals surface area contributed by atoms with Gasteiger partial charge in [-0.3, -0.25) is 10.1 Å². The van der Waals surface area contributed by atoms with Gasteiger partial charge in [-0.2, -0.15) is 9.78 Å². The predicted octanol–water partition coefficient (Wildman–Crippen LogP) is 3.96. The lowest BCUT2D eigenvalue weighted by atomic mass is 10.1. The Morgan fingerprint density at radius 1 is 1.17 bits per heavy atom. The average Bonchev–Trinajstić information content (AvgIpc) is 3.43. The first-order chi connectivity index (χ1) is 14.2. The van der Waals surface area contributed by atoms with E-state index in [-0.39, 0.29) is 10.6 Å². The average molecular weight is 408 g/mol. The molecule has 0 saturated carbocycles. The first kappa shape index (κ1) is 19.1. The van der Waals surface area contributed by atoms with E-state index in [9.17, 15) is 10.1 Å². The van der Waals surface area contributed by atoms with Crippen LogP contribution in [0.15, 0.2) is 65.1 Å². The van der Waals surface area contributed by atoms with Gasteiger partial charge in [-0.05, 0) is 24.5 Å². The molecule has 1 aromatic heterocycles. The van der Waals surface area contributed by atoms with E-state index in [4.69, 9.17) is 0 Å². The van der Waals surface area contributed by atoms with Crippen molar-refractivity contribution >= 4 is 29.4 Å². The molecule has 0 bridgehead atoms. The van der Waals surface area contributed by atoms with Crippen LogP contribution in [0.3, 0.4) is 0 Å². The van der Waals surface area contributed by atoms with Crippen LogP contribution in [-0.4, -0.2) is 39.1 Å². The largest absolute Gasteiger partial charge is 0.371 e. The highest BCUT2D eigenvalue weighted by Gasteiger charge is 2.18. The van der Waals surface area contributed by atoms with Gasteiger partial charge in [-0.15, -0.1) is 10.2 Å². The van der Waals surface area contributed by atoms with Crippen LogP contribution in [0.2, 0.25) is 0 Å². The molecule has 148 valence electrons. The van der Waals surface area contributed by atoms with E-state index < -0.39 is 0 Å². The highest BCUT2D eigenvalue weighted by molar-refractivity contribution is 7.98. The molecule has 1 saturated heterocycles. The quantitative estimate of drug-likeness (QED) is 0.254. The van der Waals surface area contributed by atoms with E-state index in [1.54, 1.807) is 23.0 Å². The summed E-state index contributed by atoms with van der Waals surface area (Å²) in [6.07, 6.45) is 5.44. The Hall–Kier alpha value is -3.20. The number of hydrogen-bond donors (Lipinski definition) is 0. The number of thioether (sulfide) groups is 1. The van der Waals surface area contributed by atoms with E-state index >= 15 is 0 Å². The van der Waals surface area contributed by atoms with Gasteiger partial charge in [-0.1, -0.05) is 42.1 Å². The molecular formula is C20H20N6O2S. The molecule has 1 aliphatic rings. The number of non-ortho nitro benzene ring substituents is 1. The lowest BCUT2D eigenvalue weighted by Crippen LogP contribution is -2.19. The second-order valence-electron chi connectivity index (χ2n) is 6.67. The summed E-state index contributed by atoms with van der Waals surface area (Å²) in [7, 11) is 0. The first-order valence-electron chi connectivity index (χ1n) is 9.35. The summed E-state index contributed by atoms with van der Waals surface area (Å²) >= 11 is 1.54. The van der Waals surface area contributed by atoms with Crippen molar-refractivity contribution in [2.45, 2.75) is 23.8 Å². The lowest BCUT2D eigenvalue weighted by molar-refractivity contribution is -0.384. The lowest BCUT2D eigenvalue weighted by Gasteiger charge is -2.19. The van der Waals surface area contributed by atoms with E-state index in [0.29, 0.717) is 10.7 Å². The van der Waals surface area contributed by atoms with Crippen LogP contribution >= 0.6 is 11.8 Å². The molecule has 1 aliphatic heterocycles. The van der Waals surface area contributed by atoms with Crippen molar-refractivity contribution in [1.29, 1.82) is 0 Å². The number of rotatable bonds is 7. The van der Waals surface area contributed by atoms with Crippen LogP contribution in [0.4, 0.5) is 11.4 Å². The number of nitro groups is 1. The third-order valence-corrected chi connectivity index (χ3v) is 5.71. The van der Waals surface area contributed by atoms with Gasteiger partial charge in [0.2, 0.25) is 5.16 Å². The molecular weight excluding hydrogens is 388 g/mol. The van der Waals surface area contributed by atoms with Crippen LogP contribution in [0.1, 0.15) is 24.0 Å². The van der Waals surface area contributed by atoms with Crippen molar-refractivity contribution < 1.29 is 4.92 Å². The summed E-state index contributed by atoms with van der Waals surface area (Å²) in [5.74, 6) is 0.755. The Morgan fingerprint density at radius 2 is 1.97 bits per heavy atom. The second kappa shape index (κ2) is 8.87. The van der Waals surface area contributed by atoms with Gasteiger partial charge in [-0.25, -0.2) is 0 Å². The summed E-state index contributed by atoms with van der Waals surface area (Å²) in [4.78, 5) is 13.1. The minimum absolute atomic E-state index is 0.0526. The van der Waals surface area contributed by atoms with E-state index in [2.05, 4.69) is 32.3 Å². The van der Waals surface area contributed by atoms with E-state index in [1.807, 2.05) is 24.3 Å². The van der Waals surface area contributed by atoms with Gasteiger partial charge in [0.1, 0.15) is 6.33 Å². The molecule has 0 spiro atoms. The molecule has 0 atom stereocenters. The fourth-order valence-corrected chi connectivity index (χ4v) is 4.06. The molecule has 29 heavy (non-hydrogen) atoms. The fraction of sp³-hybridized carbons (Fsp3) is 0.250. The molecule has 2 aromatic carbocycles. The number of nitrogens with zero attached hydrogens (tertiary/aromatic N) is 6. The number of nitro benzene ring substituents is 1. The van der Waals surface area contributed by atoms with Gasteiger partial charge < -0.3 is 4.90 Å². The highest BCUT2D eigenvalue weighted by atomic mass is 32.2. The van der Waals surface area contributed by atoms with Crippen molar-refractivity contribution in [2.24, 2.45) is 5.10 Å². The second-order valence-corrected chi connectivity index (χ2v) is 7.61. The predicted molar refractivity (Wildman–Crippen MR) is 114 cm³/mol. The summed E-state index contributed by atoms with van der Waals surface area (Å²) in [6, 6.07) is 15.0. The molecule has 2 heterocycles. The van der Waals surface area contributed by atoms with Crippen molar-refractivity contribution in [3.8, 4) is 0 Å². The summed E-state index contributed by atoms with van der Waals surface area (Å²) in [5, 5.41) is 24.4. The normalized spacial score (nSPS) is 14.0. The Labute approximate surface area is 172 Å². The molecule has 8 nitrogen and oxygen atoms in total. The Balaban J connectivity index is 1.56. The number of benzene rings is 2. The van der Waals surface area contributed by atoms with Gasteiger partial charge >= 0.3 is 0 Å². The molecule has 3 aromatic rings. The number of aromatic nitrogens is 3. The SMILES string of the molecule is O=[N+]([O-])c1ccc(N2CCCC2)c(/C=N\n2cnnc2SCc2ccccc2)c1. The van der Waals surface area contributed by atoms with Gasteiger partial charge in [0.05, 0.1) is 11.1 Å². The molecule has 9 heteroatoms. The molecule has 0 N–H and O–H groups in total. The third kappa shape index (κ3) is 4.62. The van der Waals surface area contributed by atoms with Crippen molar-refractivity contribution in [3.63, 3.8) is 0 Å². The monoisotopic (exact) mass is 408 g/mol. The van der Waals surface area contributed by atoms with Crippen LogP contribution in [0, 0.1) is 10.1 Å². The zero-order valence-corrected chi connectivity index (χ0v) is 16.5. The smallest absolute Gasteiger partial charge is 0.270 e. The van der Waals surface area contributed by atoms with Crippen molar-refractivity contribution in [2.75, 3.05) is 18.0 Å². The first-order valence-corrected chi connectivity index (χ1v) is 10.3. The molecule has 0 aliphatic carbocycles. The molecule has 1 fully saturated rings. The maximum atomic E-state index is 11.2. The summed E-state index contributed by atoms with van der Waals surface area (Å²) in [5.41, 5.74) is 2.92. The van der Waals surface area contributed by atoms with Crippen molar-refractivity contribution in [1.82, 2.24) is 14.9 Å². The molecule has 0 unspecified atom stereocenters. The minimum atomic E-state index is -0.384. The Kier molecular flexibility index (Phi) is 5.85. The van der Waals surface area contributed by atoms with Gasteiger partial charge in [0.15, 0.2) is 0 Å². The fourth-order valence-electron chi connectivity index (χ4n) is 3.24. The maximum Gasteiger partial charge on any atom is 0.270 e. The molecule has 4 rings (SSSR count).